The standard InChI is InChI=1S/C23H26FN6O8P.2Na.6H2O/c1-23(2)21(31)30(11-39(32,33)34)20-14(38-23)6-7-17(28-20)27-19-13(24)10-25-22(29-19)26-12-8-15(35-3)18(37-5)16(9-12)36-4;;;;;;;;/h6-10H,11H2,1-5H3,(H2,32,33,34)(H2,25,26,27,28,29);;;6*1H2/q;2*+1;;;;;;/p-2. The summed E-state index contributed by atoms with van der Waals surface area (Å²) in [4.78, 5) is 48.7. The summed E-state index contributed by atoms with van der Waals surface area (Å²) >= 11 is 0. The summed E-state index contributed by atoms with van der Waals surface area (Å²) in [6.07, 6.45) is -0.215. The van der Waals surface area contributed by atoms with Crippen molar-refractivity contribution in [3.63, 3.8) is 0 Å². The van der Waals surface area contributed by atoms with Crippen molar-refractivity contribution in [3.8, 4) is 23.0 Å². The SMILES string of the molecule is COc1cc(Nc2ncc(F)c(Nc3ccc4c(n3)N(CP(=O)([O-])[O-])C(=O)C(C)(C)O4)n2)cc(OC)c1OC.O.O.O.O.O.O.[Na+].[Na+]. The van der Waals surface area contributed by atoms with Crippen molar-refractivity contribution in [2.24, 2.45) is 0 Å². The Hall–Kier alpha value is -2.44. The Morgan fingerprint density at radius 2 is 1.49 bits per heavy atom. The first-order valence-electron chi connectivity index (χ1n) is 11.2. The first kappa shape index (κ1) is 54.0. The molecule has 1 aliphatic heterocycles. The number of nitrogens with one attached hydrogen (secondary N) is 2. The molecule has 47 heavy (non-hydrogen) atoms. The fraction of sp³-hybridized carbons (Fsp3) is 0.304. The van der Waals surface area contributed by atoms with Crippen LogP contribution in [0, 0.1) is 5.82 Å². The zero-order valence-electron chi connectivity index (χ0n) is 26.5. The van der Waals surface area contributed by atoms with Gasteiger partial charge in [0.15, 0.2) is 40.3 Å². The quantitative estimate of drug-likeness (QED) is 0.154. The van der Waals surface area contributed by atoms with Gasteiger partial charge in [0.2, 0.25) is 11.7 Å². The predicted octanol–water partition coefficient (Wildman–Crippen LogP) is -9.04. The minimum absolute atomic E-state index is 0. The molecule has 4 rings (SSSR count). The van der Waals surface area contributed by atoms with E-state index in [0.29, 0.717) is 22.9 Å². The fourth-order valence-electron chi connectivity index (χ4n) is 3.74. The second-order valence-corrected chi connectivity index (χ2v) is 10.2. The van der Waals surface area contributed by atoms with Crippen molar-refractivity contribution in [2.45, 2.75) is 19.4 Å². The summed E-state index contributed by atoms with van der Waals surface area (Å²) in [6.45, 7) is 2.85. The maximum Gasteiger partial charge on any atom is 1.00 e. The van der Waals surface area contributed by atoms with Gasteiger partial charge in [-0.15, -0.1) is 0 Å². The number of fused-ring (bicyclic) bond motifs is 1. The molecule has 20 nitrogen and oxygen atoms in total. The molecule has 14 N–H and O–H groups in total. The Kier molecular flexibility index (Phi) is 24.7. The van der Waals surface area contributed by atoms with E-state index in [1.165, 1.54) is 47.3 Å². The van der Waals surface area contributed by atoms with E-state index in [-0.39, 0.29) is 121 Å². The van der Waals surface area contributed by atoms with E-state index in [2.05, 4.69) is 25.6 Å². The number of amides is 1. The number of rotatable bonds is 9. The molecular weight excluding hydrogens is 680 g/mol. The van der Waals surface area contributed by atoms with E-state index in [0.717, 1.165) is 11.1 Å². The number of methoxy groups -OCH3 is 3. The minimum atomic E-state index is -5.16. The summed E-state index contributed by atoms with van der Waals surface area (Å²) in [5.74, 6) is -0.989. The van der Waals surface area contributed by atoms with Crippen LogP contribution in [0.5, 0.6) is 23.0 Å². The fourth-order valence-corrected chi connectivity index (χ4v) is 4.35. The number of aromatic nitrogens is 3. The molecule has 0 aliphatic carbocycles. The van der Waals surface area contributed by atoms with Crippen LogP contribution in [0.3, 0.4) is 0 Å². The van der Waals surface area contributed by atoms with Gasteiger partial charge in [0.25, 0.3) is 5.91 Å². The number of benzene rings is 1. The van der Waals surface area contributed by atoms with E-state index < -0.39 is 31.2 Å². The molecule has 1 aromatic carbocycles. The Bertz CT molecular complexity index is 1470. The maximum absolute atomic E-state index is 14.6. The van der Waals surface area contributed by atoms with Crippen LogP contribution in [-0.2, 0) is 9.36 Å². The summed E-state index contributed by atoms with van der Waals surface area (Å²) < 4.78 is 47.7. The number of carbonyl (C=O) groups is 1. The molecular formula is C23H36FN6Na2O14P. The second-order valence-electron chi connectivity index (χ2n) is 8.67. The largest absolute Gasteiger partial charge is 1.00 e. The van der Waals surface area contributed by atoms with Gasteiger partial charge in [0, 0.05) is 17.8 Å². The zero-order chi connectivity index (χ0) is 28.5. The Morgan fingerprint density at radius 3 is 1.98 bits per heavy atom. The van der Waals surface area contributed by atoms with Gasteiger partial charge in [-0.3, -0.25) is 9.69 Å². The molecule has 0 unspecified atom stereocenters. The number of halogens is 1. The topological polar surface area (TPSA) is 372 Å². The molecule has 3 heterocycles. The van der Waals surface area contributed by atoms with Crippen LogP contribution >= 0.6 is 7.60 Å². The molecule has 0 saturated carbocycles. The van der Waals surface area contributed by atoms with Crippen LogP contribution in [0.1, 0.15) is 13.8 Å². The Balaban J connectivity index is -0.000000735. The number of carbonyl (C=O) groups excluding carboxylic acids is 1. The summed E-state index contributed by atoms with van der Waals surface area (Å²) in [5, 5.41) is 5.58. The summed E-state index contributed by atoms with van der Waals surface area (Å²) in [7, 11) is -0.782. The normalized spacial score (nSPS) is 11.8. The molecule has 2 aromatic heterocycles. The van der Waals surface area contributed by atoms with Crippen molar-refractivity contribution in [3.05, 3.63) is 36.3 Å². The number of nitrogens with zero attached hydrogens (tertiary/aromatic N) is 4. The van der Waals surface area contributed by atoms with Gasteiger partial charge in [-0.25, -0.2) is 14.4 Å². The van der Waals surface area contributed by atoms with E-state index in [1.807, 2.05) is 0 Å². The summed E-state index contributed by atoms with van der Waals surface area (Å²) in [6, 6.07) is 6.01. The van der Waals surface area contributed by atoms with Crippen molar-refractivity contribution in [1.82, 2.24) is 15.0 Å². The van der Waals surface area contributed by atoms with E-state index in [1.54, 1.807) is 12.1 Å². The van der Waals surface area contributed by atoms with Crippen LogP contribution < -0.4 is 103 Å². The van der Waals surface area contributed by atoms with Gasteiger partial charge >= 0.3 is 59.1 Å². The molecule has 0 atom stereocenters. The molecule has 0 saturated heterocycles. The summed E-state index contributed by atoms with van der Waals surface area (Å²) in [5.41, 5.74) is -0.993. The molecule has 1 amide bonds. The van der Waals surface area contributed by atoms with Crippen molar-refractivity contribution in [1.29, 1.82) is 0 Å². The maximum atomic E-state index is 14.6. The monoisotopic (exact) mass is 716 g/mol. The third-order valence-electron chi connectivity index (χ3n) is 5.45. The van der Waals surface area contributed by atoms with E-state index >= 15 is 0 Å². The van der Waals surface area contributed by atoms with Gasteiger partial charge in [-0.2, -0.15) is 4.98 Å². The smallest absolute Gasteiger partial charge is 0.809 e. The van der Waals surface area contributed by atoms with E-state index in [9.17, 15) is 23.5 Å². The molecule has 256 valence electrons. The van der Waals surface area contributed by atoms with Gasteiger partial charge in [0.05, 0.1) is 33.8 Å². The third-order valence-corrected chi connectivity index (χ3v) is 6.08. The van der Waals surface area contributed by atoms with Crippen LogP contribution in [0.2, 0.25) is 0 Å². The van der Waals surface area contributed by atoms with Gasteiger partial charge in [0.1, 0.15) is 5.82 Å². The Morgan fingerprint density at radius 1 is 0.936 bits per heavy atom. The number of anilines is 5. The number of pyridine rings is 1. The number of hydrogen-bond acceptors (Lipinski definition) is 13. The number of hydrogen-bond donors (Lipinski definition) is 2. The Labute approximate surface area is 312 Å². The first-order valence-corrected chi connectivity index (χ1v) is 13.0. The van der Waals surface area contributed by atoms with Gasteiger partial charge in [-0.1, -0.05) is 0 Å². The van der Waals surface area contributed by atoms with Crippen LogP contribution in [-0.4, -0.2) is 86.9 Å². The zero-order valence-corrected chi connectivity index (χ0v) is 31.4. The molecule has 3 aromatic rings. The van der Waals surface area contributed by atoms with Gasteiger partial charge < -0.3 is 76.8 Å². The van der Waals surface area contributed by atoms with Crippen molar-refractivity contribution >= 4 is 42.6 Å². The van der Waals surface area contributed by atoms with Gasteiger partial charge in [-0.05, 0) is 33.6 Å². The van der Waals surface area contributed by atoms with Crippen LogP contribution in [0.15, 0.2) is 30.5 Å². The van der Waals surface area contributed by atoms with E-state index in [4.69, 9.17) is 18.9 Å². The minimum Gasteiger partial charge on any atom is -0.809 e. The van der Waals surface area contributed by atoms with Crippen LogP contribution in [0.25, 0.3) is 0 Å². The molecule has 0 bridgehead atoms. The van der Waals surface area contributed by atoms with Crippen molar-refractivity contribution < 1.29 is 134 Å². The predicted molar refractivity (Wildman–Crippen MR) is 155 cm³/mol. The second kappa shape index (κ2) is 21.5. The average molecular weight is 717 g/mol. The van der Waals surface area contributed by atoms with Crippen molar-refractivity contribution in [2.75, 3.05) is 43.1 Å². The average Bonchev–Trinajstić information content (AvgIpc) is 2.87. The van der Waals surface area contributed by atoms with Crippen LogP contribution in [0.4, 0.5) is 33.5 Å². The molecule has 0 fully saturated rings. The molecule has 0 radical (unpaired) electrons. The first-order chi connectivity index (χ1) is 18.3. The number of ether oxygens (including phenoxy) is 4. The molecule has 24 heteroatoms. The molecule has 1 aliphatic rings. The molecule has 0 spiro atoms. The third kappa shape index (κ3) is 12.5.